The normalized spacial score (nSPS) is 17.3. The third kappa shape index (κ3) is 2.26. The quantitative estimate of drug-likeness (QED) is 0.759. The number of rotatable bonds is 2. The monoisotopic (exact) mass is 234 g/mol. The maximum atomic E-state index is 10.1. The Labute approximate surface area is 103 Å². The van der Waals surface area contributed by atoms with E-state index in [0.29, 0.717) is 5.92 Å². The van der Waals surface area contributed by atoms with Crippen molar-refractivity contribution in [3.63, 3.8) is 0 Å². The number of phenols is 2. The third-order valence-corrected chi connectivity index (χ3v) is 4.09. The first kappa shape index (κ1) is 12.3. The van der Waals surface area contributed by atoms with E-state index in [9.17, 15) is 10.2 Å². The van der Waals surface area contributed by atoms with E-state index in [4.69, 9.17) is 0 Å². The molecule has 1 saturated carbocycles. The van der Waals surface area contributed by atoms with Crippen LogP contribution in [0.15, 0.2) is 6.07 Å². The Morgan fingerprint density at radius 1 is 1.18 bits per heavy atom. The van der Waals surface area contributed by atoms with Crippen LogP contribution < -0.4 is 0 Å². The smallest absolute Gasteiger partial charge is 0.161 e. The average Bonchev–Trinajstić information content (AvgIpc) is 2.35. The Balaban J connectivity index is 2.46. The van der Waals surface area contributed by atoms with Crippen molar-refractivity contribution >= 4 is 0 Å². The van der Waals surface area contributed by atoms with Gasteiger partial charge in [-0.1, -0.05) is 26.2 Å². The molecule has 0 aromatic heterocycles. The first-order chi connectivity index (χ1) is 8.15. The molecule has 0 atom stereocenters. The summed E-state index contributed by atoms with van der Waals surface area (Å²) in [4.78, 5) is 0. The zero-order chi connectivity index (χ0) is 12.4. The van der Waals surface area contributed by atoms with Gasteiger partial charge >= 0.3 is 0 Å². The summed E-state index contributed by atoms with van der Waals surface area (Å²) in [6.07, 6.45) is 6.96. The summed E-state index contributed by atoms with van der Waals surface area (Å²) in [5, 5.41) is 19.9. The molecule has 1 aliphatic carbocycles. The van der Waals surface area contributed by atoms with E-state index in [2.05, 4.69) is 13.8 Å². The molecule has 1 aromatic carbocycles. The fourth-order valence-electron chi connectivity index (χ4n) is 3.09. The van der Waals surface area contributed by atoms with Gasteiger partial charge in [0.25, 0.3) is 0 Å². The van der Waals surface area contributed by atoms with Crippen LogP contribution in [0.5, 0.6) is 11.5 Å². The largest absolute Gasteiger partial charge is 0.504 e. The van der Waals surface area contributed by atoms with Crippen LogP contribution in [0, 0.1) is 6.92 Å². The highest BCUT2D eigenvalue weighted by molar-refractivity contribution is 5.54. The number of hydrogen-bond acceptors (Lipinski definition) is 2. The molecule has 0 saturated heterocycles. The molecule has 0 bridgehead atoms. The Morgan fingerprint density at radius 3 is 2.41 bits per heavy atom. The lowest BCUT2D eigenvalue weighted by Crippen LogP contribution is -2.08. The molecule has 0 spiro atoms. The van der Waals surface area contributed by atoms with E-state index in [-0.39, 0.29) is 11.5 Å². The van der Waals surface area contributed by atoms with Gasteiger partial charge in [0.1, 0.15) is 0 Å². The van der Waals surface area contributed by atoms with Gasteiger partial charge in [-0.25, -0.2) is 0 Å². The molecule has 0 amide bonds. The van der Waals surface area contributed by atoms with E-state index in [1.807, 2.05) is 0 Å². The molecule has 2 nitrogen and oxygen atoms in total. The molecule has 0 heterocycles. The highest BCUT2D eigenvalue weighted by atomic mass is 16.3. The maximum absolute atomic E-state index is 10.1. The highest BCUT2D eigenvalue weighted by Crippen LogP contribution is 2.43. The van der Waals surface area contributed by atoms with Crippen LogP contribution in [0.3, 0.4) is 0 Å². The fraction of sp³-hybridized carbons (Fsp3) is 0.600. The molecule has 2 N–H and O–H groups in total. The molecule has 17 heavy (non-hydrogen) atoms. The van der Waals surface area contributed by atoms with Crippen LogP contribution in [0.4, 0.5) is 0 Å². The van der Waals surface area contributed by atoms with E-state index < -0.39 is 0 Å². The summed E-state index contributed by atoms with van der Waals surface area (Å²) in [5.41, 5.74) is 3.33. The molecule has 0 unspecified atom stereocenters. The minimum Gasteiger partial charge on any atom is -0.504 e. The summed E-state index contributed by atoms with van der Waals surface area (Å²) in [6, 6.07) is 1.71. The van der Waals surface area contributed by atoms with Gasteiger partial charge in [0, 0.05) is 5.56 Å². The number of benzene rings is 1. The van der Waals surface area contributed by atoms with Crippen molar-refractivity contribution in [3.05, 3.63) is 22.8 Å². The van der Waals surface area contributed by atoms with E-state index in [1.54, 1.807) is 6.07 Å². The van der Waals surface area contributed by atoms with Gasteiger partial charge in [-0.2, -0.15) is 0 Å². The van der Waals surface area contributed by atoms with Gasteiger partial charge in [0.05, 0.1) is 0 Å². The SMILES string of the molecule is CCc1cc(O)c(O)c(C2CCCCC2)c1C. The lowest BCUT2D eigenvalue weighted by atomic mass is 9.80. The number of hydrogen-bond donors (Lipinski definition) is 2. The van der Waals surface area contributed by atoms with Crippen molar-refractivity contribution in [2.45, 2.75) is 58.3 Å². The molecule has 0 aliphatic heterocycles. The summed E-state index contributed by atoms with van der Waals surface area (Å²) in [7, 11) is 0. The van der Waals surface area contributed by atoms with Crippen LogP contribution in [-0.2, 0) is 6.42 Å². The number of aromatic hydroxyl groups is 2. The first-order valence-corrected chi connectivity index (χ1v) is 6.69. The summed E-state index contributed by atoms with van der Waals surface area (Å²) in [5.74, 6) is 0.598. The first-order valence-electron chi connectivity index (χ1n) is 6.69. The second kappa shape index (κ2) is 4.99. The minimum absolute atomic E-state index is 0.0491. The topological polar surface area (TPSA) is 40.5 Å². The summed E-state index contributed by atoms with van der Waals surface area (Å²) < 4.78 is 0. The molecular formula is C15H22O2. The van der Waals surface area contributed by atoms with Crippen molar-refractivity contribution < 1.29 is 10.2 Å². The van der Waals surface area contributed by atoms with Gasteiger partial charge in [-0.3, -0.25) is 0 Å². The average molecular weight is 234 g/mol. The third-order valence-electron chi connectivity index (χ3n) is 4.09. The van der Waals surface area contributed by atoms with Gasteiger partial charge in [-0.05, 0) is 49.3 Å². The summed E-state index contributed by atoms with van der Waals surface area (Å²) in [6.45, 7) is 4.16. The standard InChI is InChI=1S/C15H22O2/c1-3-11-9-13(16)15(17)14(10(11)2)12-7-5-4-6-8-12/h9,12,16-17H,3-8H2,1-2H3. The molecule has 0 radical (unpaired) electrons. The second-order valence-electron chi connectivity index (χ2n) is 5.13. The van der Waals surface area contributed by atoms with Crippen molar-refractivity contribution in [1.29, 1.82) is 0 Å². The van der Waals surface area contributed by atoms with Crippen molar-refractivity contribution in [1.82, 2.24) is 0 Å². The number of phenolic OH excluding ortho intramolecular Hbond substituents is 2. The van der Waals surface area contributed by atoms with Gasteiger partial charge < -0.3 is 10.2 Å². The van der Waals surface area contributed by atoms with Crippen molar-refractivity contribution in [3.8, 4) is 11.5 Å². The zero-order valence-corrected chi connectivity index (χ0v) is 10.8. The molecule has 94 valence electrons. The number of aryl methyl sites for hydroxylation is 1. The van der Waals surface area contributed by atoms with Crippen LogP contribution in [0.2, 0.25) is 0 Å². The van der Waals surface area contributed by atoms with Gasteiger partial charge in [0.2, 0.25) is 0 Å². The van der Waals surface area contributed by atoms with Crippen LogP contribution in [-0.4, -0.2) is 10.2 Å². The van der Waals surface area contributed by atoms with Crippen LogP contribution in [0.1, 0.15) is 61.6 Å². The molecule has 1 aromatic rings. The second-order valence-corrected chi connectivity index (χ2v) is 5.13. The molecule has 2 heteroatoms. The minimum atomic E-state index is 0.0491. The molecule has 1 aliphatic rings. The molecule has 2 rings (SSSR count). The van der Waals surface area contributed by atoms with Crippen molar-refractivity contribution in [2.24, 2.45) is 0 Å². The maximum Gasteiger partial charge on any atom is 0.161 e. The Bertz CT molecular complexity index is 404. The van der Waals surface area contributed by atoms with E-state index in [1.165, 1.54) is 24.8 Å². The van der Waals surface area contributed by atoms with Crippen molar-refractivity contribution in [2.75, 3.05) is 0 Å². The zero-order valence-electron chi connectivity index (χ0n) is 10.8. The molecule has 1 fully saturated rings. The summed E-state index contributed by atoms with van der Waals surface area (Å²) >= 11 is 0. The van der Waals surface area contributed by atoms with Gasteiger partial charge in [0.15, 0.2) is 11.5 Å². The molecular weight excluding hydrogens is 212 g/mol. The highest BCUT2D eigenvalue weighted by Gasteiger charge is 2.23. The van der Waals surface area contributed by atoms with E-state index in [0.717, 1.165) is 30.4 Å². The Kier molecular flexibility index (Phi) is 3.60. The Hall–Kier alpha value is -1.18. The van der Waals surface area contributed by atoms with Crippen LogP contribution >= 0.6 is 0 Å². The van der Waals surface area contributed by atoms with E-state index >= 15 is 0 Å². The van der Waals surface area contributed by atoms with Gasteiger partial charge in [-0.15, -0.1) is 0 Å². The van der Waals surface area contributed by atoms with Crippen LogP contribution in [0.25, 0.3) is 0 Å². The fourth-order valence-corrected chi connectivity index (χ4v) is 3.09. The predicted molar refractivity (Wildman–Crippen MR) is 69.7 cm³/mol. The lowest BCUT2D eigenvalue weighted by Gasteiger charge is -2.26. The predicted octanol–water partition coefficient (Wildman–Crippen LogP) is 4.02. The lowest BCUT2D eigenvalue weighted by molar-refractivity contribution is 0.379. The Morgan fingerprint density at radius 2 is 1.82 bits per heavy atom.